The van der Waals surface area contributed by atoms with Gasteiger partial charge in [-0.05, 0) is 25.7 Å². The van der Waals surface area contributed by atoms with Gasteiger partial charge in [-0.3, -0.25) is 4.79 Å². The van der Waals surface area contributed by atoms with E-state index < -0.39 is 6.04 Å². The van der Waals surface area contributed by atoms with Gasteiger partial charge in [-0.1, -0.05) is 12.8 Å². The third-order valence-corrected chi connectivity index (χ3v) is 3.95. The number of nitrogens with zero attached hydrogens (tertiary/aromatic N) is 1. The van der Waals surface area contributed by atoms with Crippen molar-refractivity contribution in [1.29, 1.82) is 0 Å². The molecule has 4 heteroatoms. The summed E-state index contributed by atoms with van der Waals surface area (Å²) in [7, 11) is 0. The van der Waals surface area contributed by atoms with Crippen LogP contribution in [0.25, 0.3) is 0 Å². The molecule has 92 valence electrons. The average Bonchev–Trinajstić information content (AvgIpc) is 2.81. The van der Waals surface area contributed by atoms with Gasteiger partial charge in [0.1, 0.15) is 0 Å². The minimum absolute atomic E-state index is 0.0261. The molecule has 0 aromatic rings. The van der Waals surface area contributed by atoms with Crippen molar-refractivity contribution >= 4 is 5.91 Å². The molecule has 0 spiro atoms. The minimum Gasteiger partial charge on any atom is -0.393 e. The van der Waals surface area contributed by atoms with Gasteiger partial charge in [-0.25, -0.2) is 0 Å². The number of hydrogen-bond acceptors (Lipinski definition) is 3. The molecule has 3 N–H and O–H groups in total. The summed E-state index contributed by atoms with van der Waals surface area (Å²) < 4.78 is 0. The second-order valence-corrected chi connectivity index (χ2v) is 5.07. The molecular weight excluding hydrogens is 204 g/mol. The highest BCUT2D eigenvalue weighted by molar-refractivity contribution is 5.82. The lowest BCUT2D eigenvalue weighted by Gasteiger charge is -2.33. The first-order chi connectivity index (χ1) is 7.70. The van der Waals surface area contributed by atoms with E-state index in [1.807, 2.05) is 4.90 Å². The fraction of sp³-hybridized carbons (Fsp3) is 0.917. The van der Waals surface area contributed by atoms with Gasteiger partial charge in [0.05, 0.1) is 12.1 Å². The van der Waals surface area contributed by atoms with Gasteiger partial charge in [0.2, 0.25) is 5.91 Å². The van der Waals surface area contributed by atoms with E-state index in [1.54, 1.807) is 0 Å². The molecule has 1 unspecified atom stereocenters. The Balaban J connectivity index is 1.94. The summed E-state index contributed by atoms with van der Waals surface area (Å²) in [5.41, 5.74) is 6.01. The van der Waals surface area contributed by atoms with Crippen LogP contribution in [0.15, 0.2) is 0 Å². The van der Waals surface area contributed by atoms with Crippen molar-refractivity contribution in [2.45, 2.75) is 50.7 Å². The normalized spacial score (nSPS) is 32.8. The van der Waals surface area contributed by atoms with Gasteiger partial charge in [0.15, 0.2) is 0 Å². The van der Waals surface area contributed by atoms with Gasteiger partial charge in [0, 0.05) is 19.0 Å². The Labute approximate surface area is 96.8 Å². The number of aliphatic hydroxyl groups is 1. The lowest BCUT2D eigenvalue weighted by Crippen LogP contribution is -2.50. The van der Waals surface area contributed by atoms with Crippen LogP contribution in [-0.2, 0) is 4.79 Å². The molecule has 1 saturated heterocycles. The van der Waals surface area contributed by atoms with Crippen LogP contribution >= 0.6 is 0 Å². The highest BCUT2D eigenvalue weighted by Crippen LogP contribution is 2.27. The van der Waals surface area contributed by atoms with E-state index in [0.717, 1.165) is 51.6 Å². The number of rotatable bonds is 2. The van der Waals surface area contributed by atoms with Crippen molar-refractivity contribution in [3.05, 3.63) is 0 Å². The Bertz CT molecular complexity index is 251. The molecule has 16 heavy (non-hydrogen) atoms. The summed E-state index contributed by atoms with van der Waals surface area (Å²) in [5, 5.41) is 9.88. The summed E-state index contributed by atoms with van der Waals surface area (Å²) in [6.07, 6.45) is 5.63. The molecule has 1 saturated carbocycles. The molecule has 1 aliphatic heterocycles. The Kier molecular flexibility index (Phi) is 3.82. The van der Waals surface area contributed by atoms with E-state index in [1.165, 1.54) is 0 Å². The number of carbonyl (C=O) groups is 1. The lowest BCUT2D eigenvalue weighted by atomic mass is 9.81. The fourth-order valence-corrected chi connectivity index (χ4v) is 2.89. The summed E-state index contributed by atoms with van der Waals surface area (Å²) in [5.74, 6) is 0.0188. The number of likely N-dealkylation sites (tertiary alicyclic amines) is 1. The number of carbonyl (C=O) groups excluding carboxylic acids is 1. The van der Waals surface area contributed by atoms with E-state index in [9.17, 15) is 9.90 Å². The van der Waals surface area contributed by atoms with Gasteiger partial charge >= 0.3 is 0 Å². The molecule has 0 bridgehead atoms. The number of nitrogens with two attached hydrogens (primary N) is 1. The van der Waals surface area contributed by atoms with E-state index >= 15 is 0 Å². The van der Waals surface area contributed by atoms with Crippen LogP contribution in [0.5, 0.6) is 0 Å². The maximum atomic E-state index is 12.1. The van der Waals surface area contributed by atoms with Crippen LogP contribution in [-0.4, -0.2) is 41.1 Å². The smallest absolute Gasteiger partial charge is 0.239 e. The molecule has 1 aliphatic carbocycles. The maximum absolute atomic E-state index is 12.1. The van der Waals surface area contributed by atoms with E-state index in [-0.39, 0.29) is 17.9 Å². The Hall–Kier alpha value is -0.610. The molecule has 2 fully saturated rings. The SMILES string of the molecule is NC(C(=O)N1CCCC1)[C@@H]1CCCC[C@H]1O. The van der Waals surface area contributed by atoms with Crippen molar-refractivity contribution in [3.8, 4) is 0 Å². The highest BCUT2D eigenvalue weighted by Gasteiger charge is 2.35. The summed E-state index contributed by atoms with van der Waals surface area (Å²) in [4.78, 5) is 13.9. The lowest BCUT2D eigenvalue weighted by molar-refractivity contribution is -0.134. The van der Waals surface area contributed by atoms with Crippen LogP contribution in [0.4, 0.5) is 0 Å². The second kappa shape index (κ2) is 5.15. The van der Waals surface area contributed by atoms with E-state index in [2.05, 4.69) is 0 Å². The van der Waals surface area contributed by atoms with Crippen LogP contribution in [0, 0.1) is 5.92 Å². The van der Waals surface area contributed by atoms with Crippen molar-refractivity contribution in [2.24, 2.45) is 11.7 Å². The Morgan fingerprint density at radius 1 is 1.19 bits per heavy atom. The molecule has 3 atom stereocenters. The number of aliphatic hydroxyl groups excluding tert-OH is 1. The topological polar surface area (TPSA) is 66.6 Å². The second-order valence-electron chi connectivity index (χ2n) is 5.07. The molecule has 0 aromatic carbocycles. The van der Waals surface area contributed by atoms with Gasteiger partial charge < -0.3 is 15.7 Å². The maximum Gasteiger partial charge on any atom is 0.239 e. The first kappa shape index (κ1) is 11.9. The largest absolute Gasteiger partial charge is 0.393 e. The van der Waals surface area contributed by atoms with Gasteiger partial charge in [0.25, 0.3) is 0 Å². The predicted molar refractivity (Wildman–Crippen MR) is 61.8 cm³/mol. The van der Waals surface area contributed by atoms with Crippen molar-refractivity contribution in [2.75, 3.05) is 13.1 Å². The monoisotopic (exact) mass is 226 g/mol. The minimum atomic E-state index is -0.492. The molecule has 4 nitrogen and oxygen atoms in total. The average molecular weight is 226 g/mol. The highest BCUT2D eigenvalue weighted by atomic mass is 16.3. The van der Waals surface area contributed by atoms with Crippen molar-refractivity contribution in [1.82, 2.24) is 4.90 Å². The third-order valence-electron chi connectivity index (χ3n) is 3.95. The van der Waals surface area contributed by atoms with E-state index in [0.29, 0.717) is 0 Å². The predicted octanol–water partition coefficient (Wildman–Crippen LogP) is 0.487. The summed E-state index contributed by atoms with van der Waals surface area (Å²) in [6, 6.07) is -0.492. The molecular formula is C12H22N2O2. The zero-order valence-corrected chi connectivity index (χ0v) is 9.77. The molecule has 2 aliphatic rings. The van der Waals surface area contributed by atoms with Gasteiger partial charge in [-0.2, -0.15) is 0 Å². The summed E-state index contributed by atoms with van der Waals surface area (Å²) >= 11 is 0. The zero-order valence-electron chi connectivity index (χ0n) is 9.77. The number of amides is 1. The molecule has 0 radical (unpaired) electrons. The number of hydrogen-bond donors (Lipinski definition) is 2. The quantitative estimate of drug-likeness (QED) is 0.720. The standard InChI is InChI=1S/C12H22N2O2/c13-11(9-5-1-2-6-10(9)15)12(16)14-7-3-4-8-14/h9-11,15H,1-8,13H2/t9-,10-,11?/m1/s1. The third kappa shape index (κ3) is 2.38. The molecule has 1 heterocycles. The van der Waals surface area contributed by atoms with Crippen molar-refractivity contribution < 1.29 is 9.90 Å². The molecule has 2 rings (SSSR count). The van der Waals surface area contributed by atoms with Crippen LogP contribution in [0.3, 0.4) is 0 Å². The Morgan fingerprint density at radius 2 is 1.81 bits per heavy atom. The molecule has 1 amide bonds. The first-order valence-corrected chi connectivity index (χ1v) is 6.42. The van der Waals surface area contributed by atoms with Gasteiger partial charge in [-0.15, -0.1) is 0 Å². The summed E-state index contributed by atoms with van der Waals surface area (Å²) in [6.45, 7) is 1.69. The van der Waals surface area contributed by atoms with Crippen LogP contribution in [0.2, 0.25) is 0 Å². The van der Waals surface area contributed by atoms with Crippen molar-refractivity contribution in [3.63, 3.8) is 0 Å². The van der Waals surface area contributed by atoms with Crippen LogP contribution in [0.1, 0.15) is 38.5 Å². The first-order valence-electron chi connectivity index (χ1n) is 6.42. The van der Waals surface area contributed by atoms with Crippen LogP contribution < -0.4 is 5.73 Å². The Morgan fingerprint density at radius 3 is 2.44 bits per heavy atom. The fourth-order valence-electron chi connectivity index (χ4n) is 2.89. The molecule has 0 aromatic heterocycles. The zero-order chi connectivity index (χ0) is 11.5. The van der Waals surface area contributed by atoms with E-state index in [4.69, 9.17) is 5.73 Å².